The van der Waals surface area contributed by atoms with E-state index in [4.69, 9.17) is 0 Å². The number of benzene rings is 3. The van der Waals surface area contributed by atoms with Gasteiger partial charge >= 0.3 is 0 Å². The van der Waals surface area contributed by atoms with Crippen molar-refractivity contribution >= 4 is 11.6 Å². The molecule has 3 aromatic rings. The summed E-state index contributed by atoms with van der Waals surface area (Å²) in [6.45, 7) is 6.54. The first-order valence-corrected chi connectivity index (χ1v) is 9.88. The number of amides is 1. The lowest BCUT2D eigenvalue weighted by molar-refractivity contribution is -0.125. The van der Waals surface area contributed by atoms with Crippen LogP contribution in [0.25, 0.3) is 11.1 Å². The maximum Gasteiger partial charge on any atom is 0.244 e. The van der Waals surface area contributed by atoms with Gasteiger partial charge in [0.25, 0.3) is 0 Å². The van der Waals surface area contributed by atoms with Crippen molar-refractivity contribution in [3.05, 3.63) is 90.0 Å². The smallest absolute Gasteiger partial charge is 0.244 e. The van der Waals surface area contributed by atoms with Gasteiger partial charge in [0.15, 0.2) is 0 Å². The van der Waals surface area contributed by atoms with Crippen molar-refractivity contribution in [1.29, 1.82) is 0 Å². The third-order valence-electron chi connectivity index (χ3n) is 5.54. The van der Waals surface area contributed by atoms with Crippen molar-refractivity contribution in [2.45, 2.75) is 26.4 Å². The zero-order valence-corrected chi connectivity index (χ0v) is 16.5. The van der Waals surface area contributed by atoms with Gasteiger partial charge in [0, 0.05) is 25.3 Å². The molecule has 0 aliphatic carbocycles. The lowest BCUT2D eigenvalue weighted by Gasteiger charge is -2.39. The van der Waals surface area contributed by atoms with E-state index in [2.05, 4.69) is 72.5 Å². The van der Waals surface area contributed by atoms with E-state index < -0.39 is 0 Å². The molecule has 142 valence electrons. The first kappa shape index (κ1) is 18.5. The van der Waals surface area contributed by atoms with Gasteiger partial charge in [0.05, 0.1) is 6.04 Å². The van der Waals surface area contributed by atoms with Crippen LogP contribution in [-0.4, -0.2) is 29.9 Å². The van der Waals surface area contributed by atoms with Crippen LogP contribution in [0.3, 0.4) is 0 Å². The van der Waals surface area contributed by atoms with Gasteiger partial charge in [-0.25, -0.2) is 0 Å². The highest BCUT2D eigenvalue weighted by Gasteiger charge is 2.32. The Morgan fingerprint density at radius 1 is 0.857 bits per heavy atom. The molecule has 3 nitrogen and oxygen atoms in total. The second-order valence-electron chi connectivity index (χ2n) is 7.54. The zero-order valence-electron chi connectivity index (χ0n) is 16.5. The third-order valence-corrected chi connectivity index (χ3v) is 5.54. The molecule has 0 radical (unpaired) electrons. The average molecular weight is 370 g/mol. The molecule has 1 aliphatic rings. The Balaban J connectivity index is 1.46. The number of anilines is 1. The summed E-state index contributed by atoms with van der Waals surface area (Å²) in [5.74, 6) is 0.173. The maximum absolute atomic E-state index is 13.0. The van der Waals surface area contributed by atoms with Crippen LogP contribution >= 0.6 is 0 Å². The lowest BCUT2D eigenvalue weighted by Crippen LogP contribution is -2.55. The summed E-state index contributed by atoms with van der Waals surface area (Å²) in [5.41, 5.74) is 5.86. The van der Waals surface area contributed by atoms with E-state index in [1.54, 1.807) is 0 Å². The number of hydrogen-bond acceptors (Lipinski definition) is 2. The minimum Gasteiger partial charge on any atom is -0.310 e. The minimum atomic E-state index is -0.122. The molecule has 0 aromatic heterocycles. The van der Waals surface area contributed by atoms with Crippen LogP contribution in [0.1, 0.15) is 18.1 Å². The molecule has 0 bridgehead atoms. The normalized spacial score (nSPS) is 17.7. The van der Waals surface area contributed by atoms with Crippen LogP contribution in [-0.2, 0) is 11.3 Å². The van der Waals surface area contributed by atoms with Crippen molar-refractivity contribution in [2.75, 3.05) is 18.0 Å². The van der Waals surface area contributed by atoms with Crippen LogP contribution < -0.4 is 4.90 Å². The van der Waals surface area contributed by atoms with E-state index in [-0.39, 0.29) is 11.9 Å². The van der Waals surface area contributed by atoms with Crippen LogP contribution in [0.4, 0.5) is 5.69 Å². The molecule has 28 heavy (non-hydrogen) atoms. The van der Waals surface area contributed by atoms with Crippen LogP contribution in [0.5, 0.6) is 0 Å². The van der Waals surface area contributed by atoms with E-state index >= 15 is 0 Å². The van der Waals surface area contributed by atoms with Gasteiger partial charge < -0.3 is 4.90 Å². The lowest BCUT2D eigenvalue weighted by atomic mass is 10.0. The Morgan fingerprint density at radius 2 is 1.57 bits per heavy atom. The number of hydrogen-bond donors (Lipinski definition) is 0. The number of carbonyl (C=O) groups excluding carboxylic acids is 1. The second kappa shape index (κ2) is 7.99. The van der Waals surface area contributed by atoms with Crippen molar-refractivity contribution in [1.82, 2.24) is 4.90 Å². The molecule has 0 saturated carbocycles. The molecular weight excluding hydrogens is 344 g/mol. The van der Waals surface area contributed by atoms with Gasteiger partial charge in [0.1, 0.15) is 0 Å². The van der Waals surface area contributed by atoms with E-state index in [0.29, 0.717) is 0 Å². The van der Waals surface area contributed by atoms with E-state index in [1.165, 1.54) is 22.3 Å². The second-order valence-corrected chi connectivity index (χ2v) is 7.54. The average Bonchev–Trinajstić information content (AvgIpc) is 2.73. The van der Waals surface area contributed by atoms with Crippen molar-refractivity contribution in [3.8, 4) is 11.1 Å². The molecule has 0 spiro atoms. The summed E-state index contributed by atoms with van der Waals surface area (Å²) in [7, 11) is 0. The molecule has 3 aromatic carbocycles. The Hall–Kier alpha value is -2.91. The number of rotatable bonds is 4. The van der Waals surface area contributed by atoms with Crippen molar-refractivity contribution in [3.63, 3.8) is 0 Å². The molecule has 1 heterocycles. The molecular formula is C25H26N2O. The highest BCUT2D eigenvalue weighted by molar-refractivity contribution is 5.97. The topological polar surface area (TPSA) is 23.6 Å². The Bertz CT molecular complexity index is 950. The van der Waals surface area contributed by atoms with Gasteiger partial charge in [-0.1, -0.05) is 72.3 Å². The van der Waals surface area contributed by atoms with Crippen molar-refractivity contribution < 1.29 is 4.79 Å². The fourth-order valence-electron chi connectivity index (χ4n) is 3.90. The van der Waals surface area contributed by atoms with Gasteiger partial charge in [-0.3, -0.25) is 9.69 Å². The molecule has 0 unspecified atom stereocenters. The van der Waals surface area contributed by atoms with Gasteiger partial charge in [-0.05, 0) is 42.7 Å². The first-order chi connectivity index (χ1) is 13.6. The van der Waals surface area contributed by atoms with Crippen LogP contribution in [0, 0.1) is 6.92 Å². The highest BCUT2D eigenvalue weighted by atomic mass is 16.2. The molecule has 4 rings (SSSR count). The van der Waals surface area contributed by atoms with Crippen LogP contribution in [0.2, 0.25) is 0 Å². The first-order valence-electron chi connectivity index (χ1n) is 9.88. The van der Waals surface area contributed by atoms with Crippen molar-refractivity contribution in [2.24, 2.45) is 0 Å². The molecule has 0 N–H and O–H groups in total. The fourth-order valence-corrected chi connectivity index (χ4v) is 3.90. The molecule has 1 saturated heterocycles. The summed E-state index contributed by atoms with van der Waals surface area (Å²) < 4.78 is 0. The Labute approximate surface area is 167 Å². The zero-order chi connectivity index (χ0) is 19.5. The number of carbonyl (C=O) groups is 1. The van der Waals surface area contributed by atoms with Gasteiger partial charge in [-0.15, -0.1) is 0 Å². The largest absolute Gasteiger partial charge is 0.310 e. The summed E-state index contributed by atoms with van der Waals surface area (Å²) in [6.07, 6.45) is 0. The Morgan fingerprint density at radius 3 is 2.29 bits per heavy atom. The molecule has 3 heteroatoms. The maximum atomic E-state index is 13.0. The summed E-state index contributed by atoms with van der Waals surface area (Å²) in [4.78, 5) is 17.2. The highest BCUT2D eigenvalue weighted by Crippen LogP contribution is 2.26. The van der Waals surface area contributed by atoms with E-state index in [0.717, 1.165) is 25.3 Å². The standard InChI is InChI=1S/C25H26N2O/c1-19-7-6-8-21(17-19)18-26-15-16-27(25(28)20(26)2)24-13-11-23(12-14-24)22-9-4-3-5-10-22/h3-14,17,20H,15-16,18H2,1-2H3/t20-/m0/s1. The number of nitrogens with zero attached hydrogens (tertiary/aromatic N) is 2. The number of piperazine rings is 1. The summed E-state index contributed by atoms with van der Waals surface area (Å²) in [5, 5.41) is 0. The predicted molar refractivity (Wildman–Crippen MR) is 115 cm³/mol. The SMILES string of the molecule is Cc1cccc(CN2CCN(c3ccc(-c4ccccc4)cc3)C(=O)[C@@H]2C)c1. The minimum absolute atomic E-state index is 0.122. The number of aryl methyl sites for hydroxylation is 1. The molecule has 1 atom stereocenters. The predicted octanol–water partition coefficient (Wildman–Crippen LogP) is 4.90. The molecule has 1 aliphatic heterocycles. The summed E-state index contributed by atoms with van der Waals surface area (Å²) in [6, 6.07) is 27.0. The Kier molecular flexibility index (Phi) is 5.27. The third kappa shape index (κ3) is 3.85. The van der Waals surface area contributed by atoms with Gasteiger partial charge in [0.2, 0.25) is 5.91 Å². The monoisotopic (exact) mass is 370 g/mol. The molecule has 1 amide bonds. The van der Waals surface area contributed by atoms with Crippen LogP contribution in [0.15, 0.2) is 78.9 Å². The molecule has 1 fully saturated rings. The van der Waals surface area contributed by atoms with Gasteiger partial charge in [-0.2, -0.15) is 0 Å². The fraction of sp³-hybridized carbons (Fsp3) is 0.240. The van der Waals surface area contributed by atoms with E-state index in [9.17, 15) is 4.79 Å². The van der Waals surface area contributed by atoms with E-state index in [1.807, 2.05) is 30.0 Å². The quantitative estimate of drug-likeness (QED) is 0.652. The summed E-state index contributed by atoms with van der Waals surface area (Å²) >= 11 is 0.